The Labute approximate surface area is 210 Å². The number of ether oxygens (including phenoxy) is 1. The summed E-state index contributed by atoms with van der Waals surface area (Å²) in [7, 11) is 0. The second-order valence-corrected chi connectivity index (χ2v) is 8.24. The van der Waals surface area contributed by atoms with E-state index in [1.165, 1.54) is 0 Å². The van der Waals surface area contributed by atoms with Gasteiger partial charge in [-0.2, -0.15) is 0 Å². The molecule has 5 nitrogen and oxygen atoms in total. The van der Waals surface area contributed by atoms with Crippen molar-refractivity contribution >= 4 is 23.6 Å². The summed E-state index contributed by atoms with van der Waals surface area (Å²) in [5, 5.41) is 9.31. The number of carbonyl (C=O) groups excluding carboxylic acids is 1. The largest absolute Gasteiger partial charge is 0.478 e. The van der Waals surface area contributed by atoms with Crippen molar-refractivity contribution in [3.8, 4) is 11.5 Å². The van der Waals surface area contributed by atoms with Crippen molar-refractivity contribution in [3.05, 3.63) is 131 Å². The van der Waals surface area contributed by atoms with Crippen molar-refractivity contribution in [1.82, 2.24) is 0 Å². The number of hydrogen-bond donors (Lipinski definition) is 1. The molecule has 4 aromatic carbocycles. The van der Waals surface area contributed by atoms with Crippen LogP contribution in [-0.4, -0.2) is 17.0 Å². The maximum atomic E-state index is 13.5. The molecule has 0 aliphatic carbocycles. The van der Waals surface area contributed by atoms with Crippen molar-refractivity contribution in [2.45, 2.75) is 19.9 Å². The number of hydrogen-bond acceptors (Lipinski definition) is 3. The summed E-state index contributed by atoms with van der Waals surface area (Å²) in [4.78, 5) is 26.5. The number of carboxylic acids is 1. The number of benzene rings is 4. The molecular formula is C31H27NO4. The summed E-state index contributed by atoms with van der Waals surface area (Å²) < 4.78 is 5.88. The Morgan fingerprint density at radius 2 is 1.36 bits per heavy atom. The molecule has 0 unspecified atom stereocenters. The Bertz CT molecular complexity index is 1330. The maximum absolute atomic E-state index is 13.5. The monoisotopic (exact) mass is 477 g/mol. The predicted molar refractivity (Wildman–Crippen MR) is 142 cm³/mol. The van der Waals surface area contributed by atoms with Crippen LogP contribution in [0.15, 0.2) is 115 Å². The number of rotatable bonds is 9. The Morgan fingerprint density at radius 1 is 0.778 bits per heavy atom. The van der Waals surface area contributed by atoms with Gasteiger partial charge in [-0.1, -0.05) is 67.6 Å². The molecule has 0 heterocycles. The van der Waals surface area contributed by atoms with Gasteiger partial charge in [-0.3, -0.25) is 4.79 Å². The molecule has 4 rings (SSSR count). The van der Waals surface area contributed by atoms with E-state index in [2.05, 4.69) is 0 Å². The number of carbonyl (C=O) groups is 2. The van der Waals surface area contributed by atoms with Crippen LogP contribution in [0.1, 0.15) is 34.8 Å². The van der Waals surface area contributed by atoms with Crippen LogP contribution in [0.4, 0.5) is 5.69 Å². The molecule has 5 heteroatoms. The van der Waals surface area contributed by atoms with Gasteiger partial charge in [-0.05, 0) is 72.2 Å². The standard InChI is InChI=1S/C31H27NO4/c1-2-25(31(34)35)21-23-13-17-27(18-14-23)32(30(33)26-9-5-3-6-10-26)22-24-15-19-29(20-16-24)36-28-11-7-4-8-12-28/h3-21H,2,22H2,1H3,(H,34,35)/b25-21+. The van der Waals surface area contributed by atoms with E-state index in [0.717, 1.165) is 22.6 Å². The maximum Gasteiger partial charge on any atom is 0.331 e. The molecule has 0 radical (unpaired) electrons. The van der Waals surface area contributed by atoms with Gasteiger partial charge >= 0.3 is 5.97 Å². The summed E-state index contributed by atoms with van der Waals surface area (Å²) in [6.07, 6.45) is 2.08. The lowest BCUT2D eigenvalue weighted by atomic mass is 10.1. The van der Waals surface area contributed by atoms with Crippen molar-refractivity contribution < 1.29 is 19.4 Å². The number of nitrogens with zero attached hydrogens (tertiary/aromatic N) is 1. The highest BCUT2D eigenvalue weighted by Gasteiger charge is 2.18. The zero-order chi connectivity index (χ0) is 25.3. The highest BCUT2D eigenvalue weighted by atomic mass is 16.5. The van der Waals surface area contributed by atoms with Crippen molar-refractivity contribution in [2.75, 3.05) is 4.90 Å². The topological polar surface area (TPSA) is 66.8 Å². The van der Waals surface area contributed by atoms with Gasteiger partial charge in [0.25, 0.3) is 5.91 Å². The molecule has 0 fully saturated rings. The fourth-order valence-corrected chi connectivity index (χ4v) is 3.75. The molecular weight excluding hydrogens is 450 g/mol. The molecule has 0 aromatic heterocycles. The lowest BCUT2D eigenvalue weighted by Gasteiger charge is -2.23. The number of aliphatic carboxylic acids is 1. The minimum absolute atomic E-state index is 0.122. The molecule has 36 heavy (non-hydrogen) atoms. The Morgan fingerprint density at radius 3 is 1.94 bits per heavy atom. The highest BCUT2D eigenvalue weighted by molar-refractivity contribution is 6.06. The van der Waals surface area contributed by atoms with Crippen LogP contribution in [0.5, 0.6) is 11.5 Å². The van der Waals surface area contributed by atoms with Gasteiger partial charge in [0.1, 0.15) is 11.5 Å². The third-order valence-corrected chi connectivity index (χ3v) is 5.71. The van der Waals surface area contributed by atoms with E-state index in [-0.39, 0.29) is 5.91 Å². The van der Waals surface area contributed by atoms with Crippen LogP contribution < -0.4 is 9.64 Å². The summed E-state index contributed by atoms with van der Waals surface area (Å²) in [5.74, 6) is 0.423. The van der Waals surface area contributed by atoms with Gasteiger partial charge in [0.05, 0.1) is 6.54 Å². The zero-order valence-electron chi connectivity index (χ0n) is 20.0. The minimum atomic E-state index is -0.929. The Hall–Kier alpha value is -4.64. The molecule has 1 N–H and O–H groups in total. The lowest BCUT2D eigenvalue weighted by Crippen LogP contribution is -2.30. The summed E-state index contributed by atoms with van der Waals surface area (Å²) in [6, 6.07) is 33.7. The molecule has 0 aliphatic heterocycles. The average Bonchev–Trinajstić information content (AvgIpc) is 2.92. The Balaban J connectivity index is 1.59. The van der Waals surface area contributed by atoms with E-state index >= 15 is 0 Å². The summed E-state index contributed by atoms with van der Waals surface area (Å²) in [5.41, 5.74) is 3.36. The average molecular weight is 478 g/mol. The van der Waals surface area contributed by atoms with E-state index in [4.69, 9.17) is 4.74 Å². The van der Waals surface area contributed by atoms with E-state index < -0.39 is 5.97 Å². The predicted octanol–water partition coefficient (Wildman–Crippen LogP) is 7.20. The van der Waals surface area contributed by atoms with Gasteiger partial charge in [-0.25, -0.2) is 4.79 Å². The van der Waals surface area contributed by atoms with Gasteiger partial charge in [0.15, 0.2) is 0 Å². The number of anilines is 1. The quantitative estimate of drug-likeness (QED) is 0.259. The highest BCUT2D eigenvalue weighted by Crippen LogP contribution is 2.25. The molecule has 1 amide bonds. The fraction of sp³-hybridized carbons (Fsp3) is 0.0968. The van der Waals surface area contributed by atoms with Crippen LogP contribution >= 0.6 is 0 Å². The van der Waals surface area contributed by atoms with Crippen LogP contribution in [0.3, 0.4) is 0 Å². The number of para-hydroxylation sites is 1. The molecule has 0 saturated heterocycles. The summed E-state index contributed by atoms with van der Waals surface area (Å²) >= 11 is 0. The minimum Gasteiger partial charge on any atom is -0.478 e. The van der Waals surface area contributed by atoms with Crippen molar-refractivity contribution in [2.24, 2.45) is 0 Å². The Kier molecular flexibility index (Phi) is 7.94. The van der Waals surface area contributed by atoms with Crippen LogP contribution in [0.2, 0.25) is 0 Å². The van der Waals surface area contributed by atoms with E-state index in [0.29, 0.717) is 29.9 Å². The third kappa shape index (κ3) is 6.27. The second kappa shape index (κ2) is 11.7. The van der Waals surface area contributed by atoms with Crippen molar-refractivity contribution in [3.63, 3.8) is 0 Å². The smallest absolute Gasteiger partial charge is 0.331 e. The van der Waals surface area contributed by atoms with Gasteiger partial charge < -0.3 is 14.7 Å². The third-order valence-electron chi connectivity index (χ3n) is 5.71. The SMILES string of the molecule is CC/C(=C\c1ccc(N(Cc2ccc(Oc3ccccc3)cc2)C(=O)c2ccccc2)cc1)C(=O)O. The fourth-order valence-electron chi connectivity index (χ4n) is 3.75. The van der Waals surface area contributed by atoms with E-state index in [1.807, 2.05) is 104 Å². The molecule has 0 atom stereocenters. The first kappa shape index (κ1) is 24.5. The van der Waals surface area contributed by atoms with E-state index in [1.54, 1.807) is 23.1 Å². The molecule has 0 saturated carbocycles. The summed E-state index contributed by atoms with van der Waals surface area (Å²) in [6.45, 7) is 2.18. The van der Waals surface area contributed by atoms with Crippen LogP contribution in [0, 0.1) is 0 Å². The van der Waals surface area contributed by atoms with Crippen LogP contribution in [-0.2, 0) is 11.3 Å². The second-order valence-electron chi connectivity index (χ2n) is 8.24. The molecule has 0 spiro atoms. The first-order valence-electron chi connectivity index (χ1n) is 11.8. The van der Waals surface area contributed by atoms with Gasteiger partial charge in [0, 0.05) is 16.8 Å². The van der Waals surface area contributed by atoms with Crippen LogP contribution in [0.25, 0.3) is 6.08 Å². The number of carboxylic acid groups (broad SMARTS) is 1. The number of amides is 1. The van der Waals surface area contributed by atoms with Crippen molar-refractivity contribution in [1.29, 1.82) is 0 Å². The molecule has 180 valence electrons. The first-order valence-corrected chi connectivity index (χ1v) is 11.8. The first-order chi connectivity index (χ1) is 17.5. The van der Waals surface area contributed by atoms with E-state index in [9.17, 15) is 14.7 Å². The zero-order valence-corrected chi connectivity index (χ0v) is 20.0. The molecule has 0 aliphatic rings. The van der Waals surface area contributed by atoms with Gasteiger partial charge in [0.2, 0.25) is 0 Å². The lowest BCUT2D eigenvalue weighted by molar-refractivity contribution is -0.132. The van der Waals surface area contributed by atoms with Gasteiger partial charge in [-0.15, -0.1) is 0 Å². The molecule has 4 aromatic rings. The molecule has 0 bridgehead atoms. The normalized spacial score (nSPS) is 11.1.